The zero-order valence-corrected chi connectivity index (χ0v) is 12.0. The van der Waals surface area contributed by atoms with E-state index >= 15 is 0 Å². The highest BCUT2D eigenvalue weighted by atomic mass is 14.7. The predicted octanol–water partition coefficient (Wildman–Crippen LogP) is 4.36. The van der Waals surface area contributed by atoms with Gasteiger partial charge in [-0.1, -0.05) is 46.5 Å². The molecule has 2 aliphatic rings. The van der Waals surface area contributed by atoms with Gasteiger partial charge in [0.25, 0.3) is 0 Å². The standard InChI is InChI=1S/C16H31N/c1-4-12-6-5-7-13(10-12)14-11-16(2,3)9-8-15(14)17/h12-15H,4-11,17H2,1-3H3. The van der Waals surface area contributed by atoms with Gasteiger partial charge in [0.15, 0.2) is 0 Å². The minimum atomic E-state index is 0.489. The minimum Gasteiger partial charge on any atom is -0.327 e. The van der Waals surface area contributed by atoms with Gasteiger partial charge in [0.1, 0.15) is 0 Å². The Balaban J connectivity index is 1.99. The fourth-order valence-electron chi connectivity index (χ4n) is 4.27. The lowest BCUT2D eigenvalue weighted by Gasteiger charge is -2.45. The van der Waals surface area contributed by atoms with Crippen molar-refractivity contribution in [1.82, 2.24) is 0 Å². The van der Waals surface area contributed by atoms with Gasteiger partial charge in [0.05, 0.1) is 0 Å². The third-order valence-electron chi connectivity index (χ3n) is 5.50. The molecule has 2 aliphatic carbocycles. The first-order chi connectivity index (χ1) is 8.02. The lowest BCUT2D eigenvalue weighted by atomic mass is 9.62. The van der Waals surface area contributed by atoms with E-state index in [1.807, 2.05) is 0 Å². The summed E-state index contributed by atoms with van der Waals surface area (Å²) >= 11 is 0. The predicted molar refractivity (Wildman–Crippen MR) is 74.8 cm³/mol. The van der Waals surface area contributed by atoms with Crippen molar-refractivity contribution < 1.29 is 0 Å². The van der Waals surface area contributed by atoms with Crippen molar-refractivity contribution in [2.24, 2.45) is 28.9 Å². The molecule has 0 amide bonds. The summed E-state index contributed by atoms with van der Waals surface area (Å²) in [6.45, 7) is 7.23. The highest BCUT2D eigenvalue weighted by molar-refractivity contribution is 4.92. The molecule has 4 unspecified atom stereocenters. The van der Waals surface area contributed by atoms with Crippen LogP contribution in [0.25, 0.3) is 0 Å². The number of hydrogen-bond donors (Lipinski definition) is 1. The molecule has 0 radical (unpaired) electrons. The van der Waals surface area contributed by atoms with E-state index in [9.17, 15) is 0 Å². The average molecular weight is 237 g/mol. The Labute approximate surface area is 108 Å². The van der Waals surface area contributed by atoms with E-state index in [0.717, 1.165) is 17.8 Å². The van der Waals surface area contributed by atoms with Crippen molar-refractivity contribution in [2.45, 2.75) is 78.2 Å². The van der Waals surface area contributed by atoms with E-state index in [2.05, 4.69) is 20.8 Å². The largest absolute Gasteiger partial charge is 0.327 e. The maximum absolute atomic E-state index is 6.42. The maximum atomic E-state index is 6.42. The van der Waals surface area contributed by atoms with E-state index < -0.39 is 0 Å². The molecule has 0 aromatic heterocycles. The van der Waals surface area contributed by atoms with Crippen LogP contribution >= 0.6 is 0 Å². The molecule has 0 aromatic carbocycles. The van der Waals surface area contributed by atoms with Gasteiger partial charge in [-0.05, 0) is 48.9 Å². The van der Waals surface area contributed by atoms with E-state index in [1.165, 1.54) is 51.4 Å². The molecular weight excluding hydrogens is 206 g/mol. The van der Waals surface area contributed by atoms with Crippen LogP contribution in [0.2, 0.25) is 0 Å². The fraction of sp³-hybridized carbons (Fsp3) is 1.00. The Morgan fingerprint density at radius 3 is 2.65 bits per heavy atom. The molecule has 17 heavy (non-hydrogen) atoms. The quantitative estimate of drug-likeness (QED) is 0.759. The Hall–Kier alpha value is -0.0400. The highest BCUT2D eigenvalue weighted by Gasteiger charge is 2.38. The van der Waals surface area contributed by atoms with Crippen LogP contribution in [0.3, 0.4) is 0 Å². The first-order valence-electron chi connectivity index (χ1n) is 7.77. The van der Waals surface area contributed by atoms with Crippen LogP contribution in [-0.4, -0.2) is 6.04 Å². The molecule has 2 rings (SSSR count). The lowest BCUT2D eigenvalue weighted by molar-refractivity contribution is 0.0786. The van der Waals surface area contributed by atoms with Crippen molar-refractivity contribution in [2.75, 3.05) is 0 Å². The summed E-state index contributed by atoms with van der Waals surface area (Å²) in [5.74, 6) is 2.74. The second-order valence-electron chi connectivity index (χ2n) is 7.44. The van der Waals surface area contributed by atoms with E-state index in [4.69, 9.17) is 5.73 Å². The summed E-state index contributed by atoms with van der Waals surface area (Å²) in [5.41, 5.74) is 6.96. The van der Waals surface area contributed by atoms with Gasteiger partial charge in [0, 0.05) is 6.04 Å². The van der Waals surface area contributed by atoms with Crippen LogP contribution in [0.5, 0.6) is 0 Å². The van der Waals surface area contributed by atoms with Gasteiger partial charge in [0.2, 0.25) is 0 Å². The monoisotopic (exact) mass is 237 g/mol. The summed E-state index contributed by atoms with van der Waals surface area (Å²) in [5, 5.41) is 0. The van der Waals surface area contributed by atoms with Gasteiger partial charge in [-0.2, -0.15) is 0 Å². The molecule has 0 saturated heterocycles. The molecule has 2 fully saturated rings. The number of rotatable bonds is 2. The number of hydrogen-bond acceptors (Lipinski definition) is 1. The summed E-state index contributed by atoms with van der Waals surface area (Å²) in [6, 6.07) is 0.489. The Kier molecular flexibility index (Phi) is 4.18. The van der Waals surface area contributed by atoms with Crippen molar-refractivity contribution in [3.05, 3.63) is 0 Å². The van der Waals surface area contributed by atoms with Crippen molar-refractivity contribution in [3.63, 3.8) is 0 Å². The summed E-state index contributed by atoms with van der Waals surface area (Å²) in [7, 11) is 0. The van der Waals surface area contributed by atoms with Crippen molar-refractivity contribution in [1.29, 1.82) is 0 Å². The molecule has 0 heterocycles. The van der Waals surface area contributed by atoms with Crippen LogP contribution in [0.1, 0.15) is 72.1 Å². The van der Waals surface area contributed by atoms with Gasteiger partial charge in [-0.15, -0.1) is 0 Å². The molecule has 2 N–H and O–H groups in total. The summed E-state index contributed by atoms with van der Waals surface area (Å²) < 4.78 is 0. The fourth-order valence-corrected chi connectivity index (χ4v) is 4.27. The summed E-state index contributed by atoms with van der Waals surface area (Å²) in [6.07, 6.45) is 11.2. The number of nitrogens with two attached hydrogens (primary N) is 1. The second-order valence-corrected chi connectivity index (χ2v) is 7.44. The molecule has 2 saturated carbocycles. The molecule has 1 heteroatoms. The molecule has 100 valence electrons. The third-order valence-corrected chi connectivity index (χ3v) is 5.50. The third kappa shape index (κ3) is 3.24. The van der Waals surface area contributed by atoms with Crippen molar-refractivity contribution >= 4 is 0 Å². The summed E-state index contributed by atoms with van der Waals surface area (Å²) in [4.78, 5) is 0. The van der Waals surface area contributed by atoms with Crippen LogP contribution in [0, 0.1) is 23.2 Å². The van der Waals surface area contributed by atoms with Crippen LogP contribution in [0.15, 0.2) is 0 Å². The second kappa shape index (κ2) is 5.30. The van der Waals surface area contributed by atoms with Gasteiger partial charge < -0.3 is 5.73 Å². The van der Waals surface area contributed by atoms with Crippen LogP contribution < -0.4 is 5.73 Å². The van der Waals surface area contributed by atoms with Gasteiger partial charge >= 0.3 is 0 Å². The van der Waals surface area contributed by atoms with Gasteiger partial charge in [-0.3, -0.25) is 0 Å². The molecule has 0 aromatic rings. The normalized spacial score (nSPS) is 42.4. The van der Waals surface area contributed by atoms with Crippen LogP contribution in [-0.2, 0) is 0 Å². The molecule has 1 nitrogen and oxygen atoms in total. The van der Waals surface area contributed by atoms with Crippen molar-refractivity contribution in [3.8, 4) is 0 Å². The molecule has 0 spiro atoms. The van der Waals surface area contributed by atoms with E-state index in [0.29, 0.717) is 11.5 Å². The smallest absolute Gasteiger partial charge is 0.00702 e. The molecule has 0 bridgehead atoms. The SMILES string of the molecule is CCC1CCCC(C2CC(C)(C)CCC2N)C1. The Morgan fingerprint density at radius 2 is 1.94 bits per heavy atom. The first kappa shape index (κ1) is 13.4. The lowest BCUT2D eigenvalue weighted by Crippen LogP contribution is -2.43. The van der Waals surface area contributed by atoms with E-state index in [-0.39, 0.29) is 0 Å². The Bertz CT molecular complexity index is 246. The minimum absolute atomic E-state index is 0.489. The van der Waals surface area contributed by atoms with E-state index in [1.54, 1.807) is 0 Å². The molecule has 4 atom stereocenters. The first-order valence-corrected chi connectivity index (χ1v) is 7.77. The molecular formula is C16H31N. The maximum Gasteiger partial charge on any atom is 0.00702 e. The zero-order chi connectivity index (χ0) is 12.5. The Morgan fingerprint density at radius 1 is 1.18 bits per heavy atom. The average Bonchev–Trinajstić information content (AvgIpc) is 2.32. The van der Waals surface area contributed by atoms with Crippen LogP contribution in [0.4, 0.5) is 0 Å². The van der Waals surface area contributed by atoms with Gasteiger partial charge in [-0.25, -0.2) is 0 Å². The topological polar surface area (TPSA) is 26.0 Å². The molecule has 0 aliphatic heterocycles. The zero-order valence-electron chi connectivity index (χ0n) is 12.0. The highest BCUT2D eigenvalue weighted by Crippen LogP contribution is 2.46.